The molecule has 1 aromatic carbocycles. The van der Waals surface area contributed by atoms with E-state index in [0.717, 1.165) is 23.5 Å². The maximum Gasteiger partial charge on any atom is 0.416 e. The number of nitrogens with one attached hydrogen (secondary N) is 1. The summed E-state index contributed by atoms with van der Waals surface area (Å²) in [4.78, 5) is 4.29. The monoisotopic (exact) mass is 344 g/mol. The summed E-state index contributed by atoms with van der Waals surface area (Å²) in [6.45, 7) is 2.23. The molecule has 2 nitrogen and oxygen atoms in total. The molecule has 0 radical (unpaired) electrons. The first-order chi connectivity index (χ1) is 9.36. The van der Waals surface area contributed by atoms with Crippen LogP contribution in [0.15, 0.2) is 40.9 Å². The van der Waals surface area contributed by atoms with Crippen molar-refractivity contribution in [2.75, 3.05) is 5.32 Å². The summed E-state index contributed by atoms with van der Waals surface area (Å²) < 4.78 is 38.6. The third-order valence-corrected chi connectivity index (χ3v) is 3.39. The molecule has 0 amide bonds. The normalized spacial score (nSPS) is 11.4. The van der Waals surface area contributed by atoms with Gasteiger partial charge in [-0.1, -0.05) is 6.07 Å². The molecule has 0 fully saturated rings. The Bertz CT molecular complexity index is 612. The van der Waals surface area contributed by atoms with Crippen molar-refractivity contribution in [2.45, 2.75) is 19.6 Å². The number of hydrogen-bond acceptors (Lipinski definition) is 2. The van der Waals surface area contributed by atoms with Gasteiger partial charge in [0.1, 0.15) is 0 Å². The highest BCUT2D eigenvalue weighted by atomic mass is 79.9. The third kappa shape index (κ3) is 3.72. The Kier molecular flexibility index (Phi) is 4.32. The topological polar surface area (TPSA) is 24.9 Å². The fraction of sp³-hybridized carbons (Fsp3) is 0.214. The fourth-order valence-electron chi connectivity index (χ4n) is 1.72. The van der Waals surface area contributed by atoms with E-state index in [1.54, 1.807) is 0 Å². The van der Waals surface area contributed by atoms with Gasteiger partial charge in [0.15, 0.2) is 0 Å². The van der Waals surface area contributed by atoms with Crippen LogP contribution in [0.2, 0.25) is 0 Å². The van der Waals surface area contributed by atoms with E-state index in [2.05, 4.69) is 26.2 Å². The van der Waals surface area contributed by atoms with Gasteiger partial charge < -0.3 is 5.32 Å². The van der Waals surface area contributed by atoms with Crippen molar-refractivity contribution in [3.05, 3.63) is 57.8 Å². The molecule has 0 bridgehead atoms. The largest absolute Gasteiger partial charge is 0.416 e. The number of hydrogen-bond donors (Lipinski definition) is 1. The molecule has 2 rings (SSSR count). The Morgan fingerprint density at radius 1 is 1.20 bits per heavy atom. The molecule has 2 aromatic rings. The number of alkyl halides is 3. The van der Waals surface area contributed by atoms with E-state index in [9.17, 15) is 13.2 Å². The highest BCUT2D eigenvalue weighted by molar-refractivity contribution is 9.10. The second-order valence-corrected chi connectivity index (χ2v) is 5.17. The Morgan fingerprint density at radius 2 is 1.95 bits per heavy atom. The van der Waals surface area contributed by atoms with Crippen molar-refractivity contribution in [2.24, 2.45) is 0 Å². The predicted octanol–water partition coefficient (Wildman–Crippen LogP) is 4.78. The van der Waals surface area contributed by atoms with Crippen LogP contribution in [0.3, 0.4) is 0 Å². The number of benzene rings is 1. The molecule has 0 atom stereocenters. The van der Waals surface area contributed by atoms with Gasteiger partial charge in [-0.25, -0.2) is 0 Å². The summed E-state index contributed by atoms with van der Waals surface area (Å²) in [5.74, 6) is 0. The van der Waals surface area contributed by atoms with Crippen LogP contribution in [0.1, 0.15) is 17.0 Å². The molecular weight excluding hydrogens is 333 g/mol. The third-order valence-electron chi connectivity index (χ3n) is 2.70. The molecule has 1 aromatic heterocycles. The van der Waals surface area contributed by atoms with Crippen molar-refractivity contribution in [1.29, 1.82) is 0 Å². The summed E-state index contributed by atoms with van der Waals surface area (Å²) in [5, 5.41) is 2.96. The van der Waals surface area contributed by atoms with Crippen LogP contribution < -0.4 is 5.32 Å². The standard InChI is InChI=1S/C14H12BrF3N2/c1-9-3-2-4-11(20-9)8-19-13-7-10(14(16,17)18)5-6-12(13)15/h2-7,19H,8H2,1H3. The molecule has 0 spiro atoms. The van der Waals surface area contributed by atoms with E-state index in [-0.39, 0.29) is 0 Å². The SMILES string of the molecule is Cc1cccc(CNc2cc(C(F)(F)F)ccc2Br)n1. The number of aromatic nitrogens is 1. The second kappa shape index (κ2) is 5.83. The minimum absolute atomic E-state index is 0.363. The summed E-state index contributed by atoms with van der Waals surface area (Å²) in [5.41, 5.74) is 1.35. The number of nitrogens with zero attached hydrogens (tertiary/aromatic N) is 1. The van der Waals surface area contributed by atoms with Crippen LogP contribution in [0, 0.1) is 6.92 Å². The Balaban J connectivity index is 2.17. The summed E-state index contributed by atoms with van der Waals surface area (Å²) in [6.07, 6.45) is -4.35. The van der Waals surface area contributed by atoms with E-state index in [0.29, 0.717) is 16.7 Å². The van der Waals surface area contributed by atoms with Crippen molar-refractivity contribution in [1.82, 2.24) is 4.98 Å². The predicted molar refractivity (Wildman–Crippen MR) is 75.4 cm³/mol. The Hall–Kier alpha value is -1.56. The minimum Gasteiger partial charge on any atom is -0.378 e. The van der Waals surface area contributed by atoms with Gasteiger partial charge in [0, 0.05) is 15.9 Å². The first kappa shape index (κ1) is 14.8. The molecule has 6 heteroatoms. The smallest absolute Gasteiger partial charge is 0.378 e. The highest BCUT2D eigenvalue weighted by Gasteiger charge is 2.30. The van der Waals surface area contributed by atoms with E-state index < -0.39 is 11.7 Å². The molecule has 0 unspecified atom stereocenters. The van der Waals surface area contributed by atoms with Crippen LogP contribution in [0.25, 0.3) is 0 Å². The summed E-state index contributed by atoms with van der Waals surface area (Å²) in [6, 6.07) is 9.06. The zero-order chi connectivity index (χ0) is 14.8. The van der Waals surface area contributed by atoms with Gasteiger partial charge in [-0.05, 0) is 53.2 Å². The van der Waals surface area contributed by atoms with Crippen molar-refractivity contribution >= 4 is 21.6 Å². The van der Waals surface area contributed by atoms with Crippen LogP contribution >= 0.6 is 15.9 Å². The van der Waals surface area contributed by atoms with Gasteiger partial charge >= 0.3 is 6.18 Å². The molecule has 0 saturated heterocycles. The first-order valence-electron chi connectivity index (χ1n) is 5.89. The van der Waals surface area contributed by atoms with E-state index in [1.807, 2.05) is 25.1 Å². The maximum absolute atomic E-state index is 12.7. The zero-order valence-corrected chi connectivity index (χ0v) is 12.2. The van der Waals surface area contributed by atoms with Crippen LogP contribution in [-0.4, -0.2) is 4.98 Å². The molecule has 1 heterocycles. The van der Waals surface area contributed by atoms with Gasteiger partial charge in [-0.15, -0.1) is 0 Å². The summed E-state index contributed by atoms with van der Waals surface area (Å²) >= 11 is 3.23. The quantitative estimate of drug-likeness (QED) is 0.866. The van der Waals surface area contributed by atoms with E-state index >= 15 is 0 Å². The van der Waals surface area contributed by atoms with Gasteiger partial charge in [-0.2, -0.15) is 13.2 Å². The lowest BCUT2D eigenvalue weighted by Crippen LogP contribution is -2.07. The number of halogens is 4. The zero-order valence-electron chi connectivity index (χ0n) is 10.6. The second-order valence-electron chi connectivity index (χ2n) is 4.32. The average molecular weight is 345 g/mol. The lowest BCUT2D eigenvalue weighted by Gasteiger charge is -2.12. The van der Waals surface area contributed by atoms with Gasteiger partial charge in [0.2, 0.25) is 0 Å². The maximum atomic E-state index is 12.7. The van der Waals surface area contributed by atoms with Crippen molar-refractivity contribution in [3.63, 3.8) is 0 Å². The number of pyridine rings is 1. The van der Waals surface area contributed by atoms with Gasteiger partial charge in [-0.3, -0.25) is 4.98 Å². The highest BCUT2D eigenvalue weighted by Crippen LogP contribution is 2.34. The van der Waals surface area contributed by atoms with E-state index in [4.69, 9.17) is 0 Å². The molecule has 106 valence electrons. The minimum atomic E-state index is -4.35. The Labute approximate surface area is 123 Å². The lowest BCUT2D eigenvalue weighted by molar-refractivity contribution is -0.137. The van der Waals surface area contributed by atoms with Crippen LogP contribution in [0.4, 0.5) is 18.9 Å². The van der Waals surface area contributed by atoms with Gasteiger partial charge in [0.25, 0.3) is 0 Å². The average Bonchev–Trinajstić information content (AvgIpc) is 2.36. The summed E-state index contributed by atoms with van der Waals surface area (Å²) in [7, 11) is 0. The van der Waals surface area contributed by atoms with Crippen molar-refractivity contribution < 1.29 is 13.2 Å². The molecule has 0 aliphatic rings. The fourth-order valence-corrected chi connectivity index (χ4v) is 2.11. The van der Waals surface area contributed by atoms with E-state index in [1.165, 1.54) is 6.07 Å². The number of aryl methyl sites for hydroxylation is 1. The van der Waals surface area contributed by atoms with Crippen LogP contribution in [0.5, 0.6) is 0 Å². The van der Waals surface area contributed by atoms with Gasteiger partial charge in [0.05, 0.1) is 17.8 Å². The first-order valence-corrected chi connectivity index (χ1v) is 6.69. The molecule has 20 heavy (non-hydrogen) atoms. The van der Waals surface area contributed by atoms with Crippen LogP contribution in [-0.2, 0) is 12.7 Å². The molecular formula is C14H12BrF3N2. The molecule has 0 aliphatic carbocycles. The lowest BCUT2D eigenvalue weighted by atomic mass is 10.2. The van der Waals surface area contributed by atoms with Crippen molar-refractivity contribution in [3.8, 4) is 0 Å². The molecule has 1 N–H and O–H groups in total. The molecule has 0 aliphatic heterocycles. The number of rotatable bonds is 3. The molecule has 0 saturated carbocycles. The number of anilines is 1. The Morgan fingerprint density at radius 3 is 2.60 bits per heavy atom.